The Kier molecular flexibility index (Phi) is 15.9. The third-order valence-corrected chi connectivity index (χ3v) is 7.30. The lowest BCUT2D eigenvalue weighted by atomic mass is 9.94. The molecule has 0 N–H and O–H groups in total. The molecule has 0 bridgehead atoms. The van der Waals surface area contributed by atoms with E-state index in [1.54, 1.807) is 0 Å². The maximum absolute atomic E-state index is 6.03. The Morgan fingerprint density at radius 2 is 1.34 bits per heavy atom. The van der Waals surface area contributed by atoms with Crippen molar-refractivity contribution in [3.05, 3.63) is 18.2 Å². The quantitative estimate of drug-likeness (QED) is 0.189. The monoisotopic (exact) mass is 447 g/mol. The minimum Gasteiger partial charge on any atom is -0.335 e. The second-order valence-electron chi connectivity index (χ2n) is 10.1. The van der Waals surface area contributed by atoms with Crippen LogP contribution in [0.2, 0.25) is 0 Å². The van der Waals surface area contributed by atoms with Crippen LogP contribution in [0.25, 0.3) is 0 Å². The van der Waals surface area contributed by atoms with Gasteiger partial charge in [0.1, 0.15) is 5.82 Å². The van der Waals surface area contributed by atoms with E-state index in [1.807, 2.05) is 6.20 Å². The summed E-state index contributed by atoms with van der Waals surface area (Å²) < 4.78 is 2.28. The normalized spacial score (nSPS) is 15.6. The summed E-state index contributed by atoms with van der Waals surface area (Å²) in [5, 5.41) is 2.22. The van der Waals surface area contributed by atoms with Gasteiger partial charge in [-0.15, -0.1) is 0 Å². The van der Waals surface area contributed by atoms with Crippen LogP contribution in [-0.2, 0) is 11.4 Å². The van der Waals surface area contributed by atoms with E-state index >= 15 is 0 Å². The van der Waals surface area contributed by atoms with Crippen molar-refractivity contribution in [2.24, 2.45) is 5.92 Å². The minimum atomic E-state index is 0.836. The number of unbranched alkanes of at least 4 members (excludes halogenated alkanes) is 14. The second-order valence-corrected chi connectivity index (χ2v) is 10.1. The van der Waals surface area contributed by atoms with Crippen molar-refractivity contribution >= 4 is 0 Å². The van der Waals surface area contributed by atoms with Crippen LogP contribution in [0.5, 0.6) is 0 Å². The third kappa shape index (κ3) is 13.0. The Bertz CT molecular complexity index is 537. The molecule has 1 aliphatic rings. The predicted octanol–water partition coefficient (Wildman–Crippen LogP) is 8.10. The van der Waals surface area contributed by atoms with E-state index in [0.29, 0.717) is 0 Å². The zero-order valence-corrected chi connectivity index (χ0v) is 21.5. The SMILES string of the molecule is CCCCCCCCCCCCCCCCCON1CCC(CCn2ccnc2C)CC1. The Hall–Kier alpha value is -0.870. The second kappa shape index (κ2) is 18.5. The number of aryl methyl sites for hydroxylation is 2. The van der Waals surface area contributed by atoms with Crippen molar-refractivity contribution in [2.75, 3.05) is 19.7 Å². The van der Waals surface area contributed by atoms with Crippen LogP contribution in [-0.4, -0.2) is 34.3 Å². The molecule has 1 aromatic heterocycles. The molecule has 0 radical (unpaired) electrons. The van der Waals surface area contributed by atoms with Gasteiger partial charge in [0.25, 0.3) is 0 Å². The van der Waals surface area contributed by atoms with E-state index in [4.69, 9.17) is 4.84 Å². The van der Waals surface area contributed by atoms with Gasteiger partial charge in [-0.25, -0.2) is 4.98 Å². The van der Waals surface area contributed by atoms with Gasteiger partial charge in [0.2, 0.25) is 0 Å². The fraction of sp³-hybridized carbons (Fsp3) is 0.893. The highest BCUT2D eigenvalue weighted by Crippen LogP contribution is 2.22. The Labute approximate surface area is 199 Å². The zero-order chi connectivity index (χ0) is 22.7. The molecule has 1 aliphatic heterocycles. The molecule has 4 nitrogen and oxygen atoms in total. The Morgan fingerprint density at radius 1 is 0.812 bits per heavy atom. The molecule has 1 saturated heterocycles. The minimum absolute atomic E-state index is 0.836. The first kappa shape index (κ1) is 27.4. The van der Waals surface area contributed by atoms with Crippen molar-refractivity contribution < 1.29 is 4.84 Å². The molecule has 0 unspecified atom stereocenters. The smallest absolute Gasteiger partial charge is 0.105 e. The van der Waals surface area contributed by atoms with Crippen molar-refractivity contribution in [1.29, 1.82) is 0 Å². The number of rotatable bonds is 20. The van der Waals surface area contributed by atoms with Crippen LogP contribution in [0.1, 0.15) is 128 Å². The molecule has 186 valence electrons. The van der Waals surface area contributed by atoms with Crippen LogP contribution in [0, 0.1) is 12.8 Å². The first-order chi connectivity index (χ1) is 15.8. The van der Waals surface area contributed by atoms with E-state index in [2.05, 4.69) is 34.7 Å². The van der Waals surface area contributed by atoms with Crippen LogP contribution < -0.4 is 0 Å². The summed E-state index contributed by atoms with van der Waals surface area (Å²) in [7, 11) is 0. The lowest BCUT2D eigenvalue weighted by Crippen LogP contribution is -2.34. The van der Waals surface area contributed by atoms with Crippen LogP contribution in [0.3, 0.4) is 0 Å². The number of imidazole rings is 1. The molecule has 0 saturated carbocycles. The molecule has 0 amide bonds. The zero-order valence-electron chi connectivity index (χ0n) is 21.5. The molecular formula is C28H53N3O. The van der Waals surface area contributed by atoms with E-state index < -0.39 is 0 Å². The Morgan fingerprint density at radius 3 is 1.84 bits per heavy atom. The number of hydroxylamine groups is 2. The van der Waals surface area contributed by atoms with Gasteiger partial charge >= 0.3 is 0 Å². The van der Waals surface area contributed by atoms with Crippen molar-refractivity contribution in [2.45, 2.75) is 136 Å². The van der Waals surface area contributed by atoms with Gasteiger partial charge in [0, 0.05) is 32.0 Å². The fourth-order valence-corrected chi connectivity index (χ4v) is 4.96. The number of hydrogen-bond donors (Lipinski definition) is 0. The molecule has 0 aliphatic carbocycles. The average Bonchev–Trinajstić information content (AvgIpc) is 3.23. The van der Waals surface area contributed by atoms with Crippen molar-refractivity contribution in [3.8, 4) is 0 Å². The van der Waals surface area contributed by atoms with Gasteiger partial charge in [-0.1, -0.05) is 96.8 Å². The van der Waals surface area contributed by atoms with E-state index in [-0.39, 0.29) is 0 Å². The standard InChI is InChI=1S/C28H53N3O/c1-3-4-5-6-7-8-9-10-11-12-13-14-15-16-17-26-32-31-23-19-28(20-24-31)18-22-30-25-21-29-27(30)2/h21,25,28H,3-20,22-24,26H2,1-2H3. The van der Waals surface area contributed by atoms with Gasteiger partial charge in [0.15, 0.2) is 0 Å². The first-order valence-corrected chi connectivity index (χ1v) is 14.1. The van der Waals surface area contributed by atoms with E-state index in [0.717, 1.165) is 38.0 Å². The summed E-state index contributed by atoms with van der Waals surface area (Å²) in [4.78, 5) is 10.4. The largest absolute Gasteiger partial charge is 0.335 e. The highest BCUT2D eigenvalue weighted by Gasteiger charge is 2.19. The molecule has 0 atom stereocenters. The van der Waals surface area contributed by atoms with E-state index in [1.165, 1.54) is 116 Å². The van der Waals surface area contributed by atoms with Crippen LogP contribution in [0.4, 0.5) is 0 Å². The van der Waals surface area contributed by atoms with Crippen molar-refractivity contribution in [3.63, 3.8) is 0 Å². The summed E-state index contributed by atoms with van der Waals surface area (Å²) in [6, 6.07) is 0. The number of aromatic nitrogens is 2. The molecule has 4 heteroatoms. The summed E-state index contributed by atoms with van der Waals surface area (Å²) in [5.41, 5.74) is 0. The van der Waals surface area contributed by atoms with Gasteiger partial charge in [-0.3, -0.25) is 4.84 Å². The maximum atomic E-state index is 6.03. The van der Waals surface area contributed by atoms with Crippen LogP contribution in [0.15, 0.2) is 12.4 Å². The van der Waals surface area contributed by atoms with E-state index in [9.17, 15) is 0 Å². The fourth-order valence-electron chi connectivity index (χ4n) is 4.96. The molecule has 1 aromatic rings. The highest BCUT2D eigenvalue weighted by molar-refractivity contribution is 4.88. The molecule has 2 rings (SSSR count). The van der Waals surface area contributed by atoms with Gasteiger partial charge in [-0.05, 0) is 38.5 Å². The summed E-state index contributed by atoms with van der Waals surface area (Å²) in [5.74, 6) is 1.97. The molecule has 2 heterocycles. The highest BCUT2D eigenvalue weighted by atomic mass is 16.7. The number of nitrogens with zero attached hydrogens (tertiary/aromatic N) is 3. The summed E-state index contributed by atoms with van der Waals surface area (Å²) in [6.45, 7) is 8.62. The average molecular weight is 448 g/mol. The molecule has 1 fully saturated rings. The predicted molar refractivity (Wildman–Crippen MR) is 137 cm³/mol. The van der Waals surface area contributed by atoms with Crippen LogP contribution >= 0.6 is 0 Å². The lowest BCUT2D eigenvalue weighted by molar-refractivity contribution is -0.175. The molecule has 0 aromatic carbocycles. The summed E-state index contributed by atoms with van der Waals surface area (Å²) >= 11 is 0. The maximum Gasteiger partial charge on any atom is 0.105 e. The first-order valence-electron chi connectivity index (χ1n) is 14.1. The van der Waals surface area contributed by atoms with Gasteiger partial charge in [0.05, 0.1) is 6.61 Å². The van der Waals surface area contributed by atoms with Gasteiger partial charge in [-0.2, -0.15) is 5.06 Å². The Balaban J connectivity index is 1.29. The number of piperidine rings is 1. The molecule has 0 spiro atoms. The molecular weight excluding hydrogens is 394 g/mol. The summed E-state index contributed by atoms with van der Waals surface area (Å²) in [6.07, 6.45) is 29.1. The molecule has 32 heavy (non-hydrogen) atoms. The van der Waals surface area contributed by atoms with Crippen molar-refractivity contribution in [1.82, 2.24) is 14.6 Å². The number of hydrogen-bond acceptors (Lipinski definition) is 3. The lowest BCUT2D eigenvalue weighted by Gasteiger charge is -2.31. The van der Waals surface area contributed by atoms with Gasteiger partial charge < -0.3 is 4.57 Å². The third-order valence-electron chi connectivity index (χ3n) is 7.30. The topological polar surface area (TPSA) is 30.3 Å².